The van der Waals surface area contributed by atoms with Crippen molar-refractivity contribution in [2.45, 2.75) is 6.54 Å². The van der Waals surface area contributed by atoms with E-state index in [9.17, 15) is 19.2 Å². The molecule has 0 spiro atoms. The summed E-state index contributed by atoms with van der Waals surface area (Å²) >= 11 is 0. The van der Waals surface area contributed by atoms with Gasteiger partial charge in [0.25, 0.3) is 5.56 Å². The van der Waals surface area contributed by atoms with E-state index in [4.69, 9.17) is 0 Å². The van der Waals surface area contributed by atoms with Crippen molar-refractivity contribution in [3.8, 4) is 0 Å². The van der Waals surface area contributed by atoms with Crippen molar-refractivity contribution in [2.24, 2.45) is 7.05 Å². The molecule has 0 aliphatic rings. The number of methoxy groups -OCH3 is 1. The highest BCUT2D eigenvalue weighted by Gasteiger charge is 2.10. The third kappa shape index (κ3) is 2.73. The predicted molar refractivity (Wildman–Crippen MR) is 80.6 cm³/mol. The number of esters is 1. The fourth-order valence-electron chi connectivity index (χ4n) is 2.09. The summed E-state index contributed by atoms with van der Waals surface area (Å²) in [4.78, 5) is 46.0. The zero-order valence-corrected chi connectivity index (χ0v) is 12.1. The third-order valence-electron chi connectivity index (χ3n) is 3.25. The minimum absolute atomic E-state index is 0.286. The molecule has 2 aromatic rings. The monoisotopic (exact) mass is 302 g/mol. The van der Waals surface area contributed by atoms with Crippen LogP contribution in [0.4, 0.5) is 0 Å². The summed E-state index contributed by atoms with van der Waals surface area (Å²) in [5.41, 5.74) is -0.0306. The SMILES string of the molecule is COC(=O)/C=C/c1ccc2c(=O)n(CC=O)c(=O)n(C)c2c1. The quantitative estimate of drug-likeness (QED) is 0.453. The molecule has 1 heterocycles. The summed E-state index contributed by atoms with van der Waals surface area (Å²) in [5, 5.41) is 0.319. The molecular formula is C15H14N2O5. The van der Waals surface area contributed by atoms with Crippen molar-refractivity contribution in [3.05, 3.63) is 50.7 Å². The highest BCUT2D eigenvalue weighted by atomic mass is 16.5. The number of ether oxygens (including phenoxy) is 1. The van der Waals surface area contributed by atoms with Crippen LogP contribution in [0.3, 0.4) is 0 Å². The van der Waals surface area contributed by atoms with E-state index in [1.165, 1.54) is 30.9 Å². The standard InChI is InChI=1S/C15H14N2O5/c1-16-12-9-10(4-6-13(19)22-2)3-5-11(12)14(20)17(7-8-18)15(16)21/h3-6,8-9H,7H2,1-2H3/b6-4+. The van der Waals surface area contributed by atoms with E-state index < -0.39 is 17.2 Å². The Hall–Kier alpha value is -2.96. The van der Waals surface area contributed by atoms with Gasteiger partial charge in [0.15, 0.2) is 0 Å². The van der Waals surface area contributed by atoms with Crippen molar-refractivity contribution < 1.29 is 14.3 Å². The molecule has 0 bridgehead atoms. The zero-order chi connectivity index (χ0) is 16.3. The maximum Gasteiger partial charge on any atom is 0.331 e. The van der Waals surface area contributed by atoms with Crippen LogP contribution >= 0.6 is 0 Å². The summed E-state index contributed by atoms with van der Waals surface area (Å²) in [5.74, 6) is -0.504. The van der Waals surface area contributed by atoms with Crippen LogP contribution in [0.1, 0.15) is 5.56 Å². The first-order chi connectivity index (χ1) is 10.5. The minimum atomic E-state index is -0.571. The molecule has 0 radical (unpaired) electrons. The summed E-state index contributed by atoms with van der Waals surface area (Å²) in [6.07, 6.45) is 3.27. The molecule has 0 aliphatic carbocycles. The molecule has 0 N–H and O–H groups in total. The van der Waals surface area contributed by atoms with Gasteiger partial charge in [-0.3, -0.25) is 13.9 Å². The van der Waals surface area contributed by atoms with Crippen LogP contribution in [0.15, 0.2) is 33.9 Å². The Morgan fingerprint density at radius 3 is 2.68 bits per heavy atom. The van der Waals surface area contributed by atoms with Gasteiger partial charge in [0.2, 0.25) is 0 Å². The fraction of sp³-hybridized carbons (Fsp3) is 0.200. The van der Waals surface area contributed by atoms with Gasteiger partial charge in [-0.1, -0.05) is 6.07 Å². The van der Waals surface area contributed by atoms with E-state index in [1.54, 1.807) is 18.2 Å². The lowest BCUT2D eigenvalue weighted by molar-refractivity contribution is -0.134. The van der Waals surface area contributed by atoms with Crippen LogP contribution in [0.2, 0.25) is 0 Å². The van der Waals surface area contributed by atoms with Crippen molar-refractivity contribution in [1.29, 1.82) is 0 Å². The number of nitrogens with zero attached hydrogens (tertiary/aromatic N) is 2. The number of aldehydes is 1. The van der Waals surface area contributed by atoms with Crippen molar-refractivity contribution >= 4 is 29.2 Å². The summed E-state index contributed by atoms with van der Waals surface area (Å²) in [6.45, 7) is -0.286. The Morgan fingerprint density at radius 1 is 1.32 bits per heavy atom. The first kappa shape index (κ1) is 15.4. The normalized spacial score (nSPS) is 11.0. The number of fused-ring (bicyclic) bond motifs is 1. The highest BCUT2D eigenvalue weighted by Crippen LogP contribution is 2.12. The van der Waals surface area contributed by atoms with Crippen LogP contribution < -0.4 is 11.2 Å². The number of carbonyl (C=O) groups excluding carboxylic acids is 2. The number of benzene rings is 1. The number of hydrogen-bond donors (Lipinski definition) is 0. The van der Waals surface area contributed by atoms with Crippen LogP contribution in [0, 0.1) is 0 Å². The summed E-state index contributed by atoms with van der Waals surface area (Å²) in [7, 11) is 2.78. The molecule has 1 aromatic heterocycles. The first-order valence-electron chi connectivity index (χ1n) is 6.43. The fourth-order valence-corrected chi connectivity index (χ4v) is 2.09. The molecule has 0 atom stereocenters. The van der Waals surface area contributed by atoms with Crippen molar-refractivity contribution in [1.82, 2.24) is 9.13 Å². The molecule has 2 rings (SSSR count). The second kappa shape index (κ2) is 6.21. The molecule has 0 saturated carbocycles. The van der Waals surface area contributed by atoms with Gasteiger partial charge in [-0.2, -0.15) is 0 Å². The zero-order valence-electron chi connectivity index (χ0n) is 12.1. The average molecular weight is 302 g/mol. The average Bonchev–Trinajstić information content (AvgIpc) is 2.54. The lowest BCUT2D eigenvalue weighted by Crippen LogP contribution is -2.39. The van der Waals surface area contributed by atoms with Gasteiger partial charge in [-0.05, 0) is 23.8 Å². The Bertz CT molecular complexity index is 889. The van der Waals surface area contributed by atoms with Crippen LogP contribution in [-0.4, -0.2) is 28.5 Å². The lowest BCUT2D eigenvalue weighted by Gasteiger charge is -2.09. The number of carbonyl (C=O) groups is 2. The van der Waals surface area contributed by atoms with Gasteiger partial charge >= 0.3 is 11.7 Å². The van der Waals surface area contributed by atoms with Crippen LogP contribution in [0.5, 0.6) is 0 Å². The molecule has 0 saturated heterocycles. The minimum Gasteiger partial charge on any atom is -0.466 e. The van der Waals surface area contributed by atoms with E-state index in [0.29, 0.717) is 22.8 Å². The second-order valence-electron chi connectivity index (χ2n) is 4.56. The van der Waals surface area contributed by atoms with Crippen LogP contribution in [-0.2, 0) is 27.9 Å². The van der Waals surface area contributed by atoms with Crippen LogP contribution in [0.25, 0.3) is 17.0 Å². The van der Waals surface area contributed by atoms with E-state index in [-0.39, 0.29) is 6.54 Å². The molecule has 7 heteroatoms. The first-order valence-corrected chi connectivity index (χ1v) is 6.43. The second-order valence-corrected chi connectivity index (χ2v) is 4.56. The Kier molecular flexibility index (Phi) is 4.36. The molecule has 7 nitrogen and oxygen atoms in total. The maximum atomic E-state index is 12.2. The Morgan fingerprint density at radius 2 is 2.05 bits per heavy atom. The molecule has 0 fully saturated rings. The molecule has 22 heavy (non-hydrogen) atoms. The molecule has 0 unspecified atom stereocenters. The largest absolute Gasteiger partial charge is 0.466 e. The number of aryl methyl sites for hydroxylation is 1. The smallest absolute Gasteiger partial charge is 0.331 e. The summed E-state index contributed by atoms with van der Waals surface area (Å²) in [6, 6.07) is 4.80. The topological polar surface area (TPSA) is 87.4 Å². The number of rotatable bonds is 4. The van der Waals surface area contributed by atoms with E-state index in [2.05, 4.69) is 4.74 Å². The van der Waals surface area contributed by atoms with Gasteiger partial charge in [0.05, 0.1) is 24.6 Å². The number of hydrogen-bond acceptors (Lipinski definition) is 5. The number of aromatic nitrogens is 2. The molecule has 0 amide bonds. The van der Waals surface area contributed by atoms with Gasteiger partial charge in [-0.15, -0.1) is 0 Å². The lowest BCUT2D eigenvalue weighted by atomic mass is 10.1. The Labute approximate surface area is 125 Å². The van der Waals surface area contributed by atoms with E-state index in [0.717, 1.165) is 4.57 Å². The predicted octanol–water partition coefficient (Wildman–Crippen LogP) is 0.0853. The van der Waals surface area contributed by atoms with E-state index >= 15 is 0 Å². The van der Waals surface area contributed by atoms with Crippen molar-refractivity contribution in [3.63, 3.8) is 0 Å². The van der Waals surface area contributed by atoms with Gasteiger partial charge in [0.1, 0.15) is 6.29 Å². The highest BCUT2D eigenvalue weighted by molar-refractivity contribution is 5.88. The third-order valence-corrected chi connectivity index (χ3v) is 3.25. The molecule has 1 aromatic carbocycles. The molecular weight excluding hydrogens is 288 g/mol. The maximum absolute atomic E-state index is 12.2. The van der Waals surface area contributed by atoms with Gasteiger partial charge in [-0.25, -0.2) is 9.59 Å². The summed E-state index contributed by atoms with van der Waals surface area (Å²) < 4.78 is 6.66. The van der Waals surface area contributed by atoms with Gasteiger partial charge in [0, 0.05) is 13.1 Å². The Balaban J connectivity index is 2.66. The van der Waals surface area contributed by atoms with Gasteiger partial charge < -0.3 is 9.53 Å². The van der Waals surface area contributed by atoms with Crippen molar-refractivity contribution in [2.75, 3.05) is 7.11 Å². The van der Waals surface area contributed by atoms with E-state index in [1.807, 2.05) is 0 Å². The molecule has 0 aliphatic heterocycles. The molecule has 114 valence electrons.